The first-order valence-electron chi connectivity index (χ1n) is 10.8. The summed E-state index contributed by atoms with van der Waals surface area (Å²) in [5, 5.41) is 6.32. The van der Waals surface area contributed by atoms with Crippen LogP contribution in [0.25, 0.3) is 0 Å². The summed E-state index contributed by atoms with van der Waals surface area (Å²) in [6.45, 7) is 12.5. The zero-order valence-corrected chi connectivity index (χ0v) is 19.7. The number of benzene rings is 2. The van der Waals surface area contributed by atoms with E-state index in [0.29, 0.717) is 0 Å². The van der Waals surface area contributed by atoms with Gasteiger partial charge in [0, 0.05) is 19.5 Å². The molecule has 3 rings (SSSR count). The van der Waals surface area contributed by atoms with Crippen LogP contribution in [0, 0.1) is 13.8 Å². The van der Waals surface area contributed by atoms with Gasteiger partial charge in [0.2, 0.25) is 0 Å². The predicted molar refractivity (Wildman–Crippen MR) is 134 cm³/mol. The van der Waals surface area contributed by atoms with Crippen LogP contribution in [0.1, 0.15) is 47.1 Å². The van der Waals surface area contributed by atoms with Crippen LogP contribution in [0.2, 0.25) is 0 Å². The molecule has 1 unspecified atom stereocenters. The van der Waals surface area contributed by atoms with Crippen molar-refractivity contribution in [1.29, 1.82) is 0 Å². The van der Waals surface area contributed by atoms with Crippen molar-refractivity contribution in [2.75, 3.05) is 19.3 Å². The van der Waals surface area contributed by atoms with Crippen LogP contribution in [0.5, 0.6) is 0 Å². The highest BCUT2D eigenvalue weighted by Gasteiger charge is 2.42. The summed E-state index contributed by atoms with van der Waals surface area (Å²) >= 11 is 2.01. The largest absolute Gasteiger partial charge is 0.330 e. The van der Waals surface area contributed by atoms with Gasteiger partial charge in [0.05, 0.1) is 0 Å². The standard InChI is InChI=1S/C21H26N2S.C5H11N/c1-16-9-10-17(2)19(15-16)12-14-24-21(23(4)22-3)13-11-18-7-5-6-8-20(18)21;1-2-3-4-5-6/h5-10,15H,3,11-14H2,1-2,4H3;2H,1,3-6H2. The minimum Gasteiger partial charge on any atom is -0.330 e. The summed E-state index contributed by atoms with van der Waals surface area (Å²) in [6.07, 6.45) is 7.31. The predicted octanol–water partition coefficient (Wildman–Crippen LogP) is 5.84. The lowest BCUT2D eigenvalue weighted by molar-refractivity contribution is 0.222. The van der Waals surface area contributed by atoms with E-state index in [1.807, 2.05) is 17.8 Å². The Morgan fingerprint density at radius 3 is 2.67 bits per heavy atom. The quantitative estimate of drug-likeness (QED) is 0.181. The van der Waals surface area contributed by atoms with E-state index >= 15 is 0 Å². The van der Waals surface area contributed by atoms with E-state index in [2.05, 4.69) is 86.8 Å². The molecule has 1 aliphatic carbocycles. The van der Waals surface area contributed by atoms with E-state index in [-0.39, 0.29) is 4.87 Å². The van der Waals surface area contributed by atoms with Crippen molar-refractivity contribution in [2.24, 2.45) is 10.8 Å². The molecule has 2 N–H and O–H groups in total. The molecule has 0 saturated carbocycles. The monoisotopic (exact) mass is 423 g/mol. The highest BCUT2D eigenvalue weighted by molar-refractivity contribution is 8.00. The Kier molecular flexibility index (Phi) is 9.67. The minimum absolute atomic E-state index is 0.0733. The lowest BCUT2D eigenvalue weighted by Crippen LogP contribution is -2.36. The van der Waals surface area contributed by atoms with Crippen LogP contribution in [0.15, 0.2) is 60.2 Å². The molecule has 2 aromatic rings. The molecule has 0 aliphatic heterocycles. The Morgan fingerprint density at radius 2 is 2.00 bits per heavy atom. The Labute approximate surface area is 187 Å². The number of nitrogens with zero attached hydrogens (tertiary/aromatic N) is 2. The molecule has 4 heteroatoms. The third kappa shape index (κ3) is 5.99. The Bertz CT molecular complexity index is 833. The van der Waals surface area contributed by atoms with Gasteiger partial charge in [0.25, 0.3) is 0 Å². The molecule has 2 aromatic carbocycles. The van der Waals surface area contributed by atoms with Gasteiger partial charge < -0.3 is 5.73 Å². The topological polar surface area (TPSA) is 41.6 Å². The number of rotatable bonds is 9. The van der Waals surface area contributed by atoms with Crippen molar-refractivity contribution in [3.8, 4) is 0 Å². The Morgan fingerprint density at radius 1 is 1.23 bits per heavy atom. The molecule has 0 amide bonds. The van der Waals surface area contributed by atoms with Gasteiger partial charge in [0.15, 0.2) is 0 Å². The molecular weight excluding hydrogens is 386 g/mol. The molecule has 1 aliphatic rings. The van der Waals surface area contributed by atoms with Gasteiger partial charge in [-0.05, 0) is 74.8 Å². The average molecular weight is 424 g/mol. The van der Waals surface area contributed by atoms with Gasteiger partial charge in [-0.25, -0.2) is 0 Å². The molecular formula is C26H37N3S. The van der Waals surface area contributed by atoms with Crippen LogP contribution in [-0.2, 0) is 17.7 Å². The first-order chi connectivity index (χ1) is 14.5. The van der Waals surface area contributed by atoms with Crippen molar-refractivity contribution in [3.63, 3.8) is 0 Å². The summed E-state index contributed by atoms with van der Waals surface area (Å²) < 4.78 is 0. The first-order valence-corrected chi connectivity index (χ1v) is 11.8. The van der Waals surface area contributed by atoms with Crippen molar-refractivity contribution in [3.05, 3.63) is 82.9 Å². The summed E-state index contributed by atoms with van der Waals surface area (Å²) in [6, 6.07) is 15.5. The maximum absolute atomic E-state index is 5.17. The van der Waals surface area contributed by atoms with E-state index < -0.39 is 0 Å². The fraction of sp³-hybridized carbons (Fsp3) is 0.423. The maximum atomic E-state index is 5.17. The second-order valence-electron chi connectivity index (χ2n) is 7.85. The van der Waals surface area contributed by atoms with E-state index in [9.17, 15) is 0 Å². The molecule has 1 atom stereocenters. The molecule has 0 aromatic heterocycles. The molecule has 0 fully saturated rings. The first kappa shape index (κ1) is 24.2. The SMILES string of the molecule is C=CCCCN.C=NN(C)C1(SCCc2cc(C)ccc2C)CCc2ccccc21. The molecule has 0 heterocycles. The zero-order chi connectivity index (χ0) is 22.0. The molecule has 0 bridgehead atoms. The molecule has 0 saturated heterocycles. The van der Waals surface area contributed by atoms with Crippen molar-refractivity contribution >= 4 is 18.5 Å². The fourth-order valence-corrected chi connectivity index (χ4v) is 5.42. The summed E-state index contributed by atoms with van der Waals surface area (Å²) in [7, 11) is 2.06. The number of thioether (sulfide) groups is 1. The van der Waals surface area contributed by atoms with E-state index in [1.54, 1.807) is 0 Å². The summed E-state index contributed by atoms with van der Waals surface area (Å²) in [4.78, 5) is -0.0733. The van der Waals surface area contributed by atoms with Crippen LogP contribution in [0.3, 0.4) is 0 Å². The smallest absolute Gasteiger partial charge is 0.128 e. The highest BCUT2D eigenvalue weighted by atomic mass is 32.2. The number of nitrogens with two attached hydrogens (primary N) is 1. The molecule has 162 valence electrons. The van der Waals surface area contributed by atoms with Crippen LogP contribution in [-0.4, -0.2) is 31.1 Å². The molecule has 30 heavy (non-hydrogen) atoms. The third-order valence-electron chi connectivity index (χ3n) is 5.74. The van der Waals surface area contributed by atoms with Crippen molar-refractivity contribution in [1.82, 2.24) is 5.01 Å². The lowest BCUT2D eigenvalue weighted by Gasteiger charge is -2.37. The number of hydrogen-bond acceptors (Lipinski definition) is 4. The number of allylic oxidation sites excluding steroid dienone is 1. The van der Waals surface area contributed by atoms with E-state index in [4.69, 9.17) is 5.73 Å². The normalized spacial score (nSPS) is 16.9. The average Bonchev–Trinajstić information content (AvgIpc) is 3.14. The van der Waals surface area contributed by atoms with Gasteiger partial charge in [0.1, 0.15) is 4.87 Å². The third-order valence-corrected chi connectivity index (χ3v) is 7.31. The number of hydrogen-bond donors (Lipinski definition) is 1. The van der Waals surface area contributed by atoms with Crippen LogP contribution in [0.4, 0.5) is 0 Å². The van der Waals surface area contributed by atoms with Crippen molar-refractivity contribution in [2.45, 2.75) is 50.8 Å². The minimum atomic E-state index is -0.0733. The number of fused-ring (bicyclic) bond motifs is 1. The van der Waals surface area contributed by atoms with Gasteiger partial charge in [-0.15, -0.1) is 18.3 Å². The molecule has 0 radical (unpaired) electrons. The number of aryl methyl sites for hydroxylation is 4. The zero-order valence-electron chi connectivity index (χ0n) is 18.9. The Balaban J connectivity index is 0.000000469. The summed E-state index contributed by atoms with van der Waals surface area (Å²) in [5.41, 5.74) is 12.2. The van der Waals surface area contributed by atoms with Gasteiger partial charge in [-0.3, -0.25) is 5.01 Å². The fourth-order valence-electron chi connectivity index (χ4n) is 3.91. The number of hydrazone groups is 1. The van der Waals surface area contributed by atoms with Gasteiger partial charge >= 0.3 is 0 Å². The van der Waals surface area contributed by atoms with E-state index in [0.717, 1.165) is 44.4 Å². The number of unbranched alkanes of at least 4 members (excludes halogenated alkanes) is 1. The molecule has 3 nitrogen and oxygen atoms in total. The second kappa shape index (κ2) is 12.0. The van der Waals surface area contributed by atoms with Crippen LogP contribution < -0.4 is 5.73 Å². The van der Waals surface area contributed by atoms with Gasteiger partial charge in [-0.2, -0.15) is 5.10 Å². The lowest BCUT2D eigenvalue weighted by atomic mass is 10.0. The maximum Gasteiger partial charge on any atom is 0.128 e. The Hall–Kier alpha value is -2.04. The molecule has 0 spiro atoms. The second-order valence-corrected chi connectivity index (χ2v) is 9.23. The van der Waals surface area contributed by atoms with E-state index in [1.165, 1.54) is 27.8 Å². The van der Waals surface area contributed by atoms with Gasteiger partial charge in [-0.1, -0.05) is 54.1 Å². The van der Waals surface area contributed by atoms with Crippen LogP contribution >= 0.6 is 11.8 Å². The summed E-state index contributed by atoms with van der Waals surface area (Å²) in [5.74, 6) is 1.08. The highest BCUT2D eigenvalue weighted by Crippen LogP contribution is 2.49. The van der Waals surface area contributed by atoms with Crippen molar-refractivity contribution < 1.29 is 0 Å².